The number of fused-ring (bicyclic) bond motifs is 3. The Bertz CT molecular complexity index is 1080. The van der Waals surface area contributed by atoms with Crippen molar-refractivity contribution in [2.45, 2.75) is 5.92 Å². The number of ether oxygens (including phenoxy) is 1. The number of benzene rings is 3. The van der Waals surface area contributed by atoms with E-state index in [0.717, 1.165) is 21.9 Å². The van der Waals surface area contributed by atoms with Crippen molar-refractivity contribution in [2.24, 2.45) is 5.73 Å². The average Bonchev–Trinajstić information content (AvgIpc) is 2.63. The summed E-state index contributed by atoms with van der Waals surface area (Å²) in [5.41, 5.74) is 7.95. The second kappa shape index (κ2) is 6.00. The molecule has 4 rings (SSSR count). The van der Waals surface area contributed by atoms with Crippen molar-refractivity contribution in [1.29, 1.82) is 5.26 Å². The third kappa shape index (κ3) is 2.42. The van der Waals surface area contributed by atoms with E-state index < -0.39 is 5.92 Å². The lowest BCUT2D eigenvalue weighted by molar-refractivity contribution is 0.395. The summed E-state index contributed by atoms with van der Waals surface area (Å²) < 4.78 is 5.72. The molecule has 0 fully saturated rings. The highest BCUT2D eigenvalue weighted by molar-refractivity contribution is 6.42. The van der Waals surface area contributed by atoms with Crippen LogP contribution < -0.4 is 10.5 Å². The minimum absolute atomic E-state index is 0.0892. The Kier molecular flexibility index (Phi) is 3.80. The largest absolute Gasteiger partial charge is 0.440 e. The van der Waals surface area contributed by atoms with E-state index in [4.69, 9.17) is 33.7 Å². The first kappa shape index (κ1) is 15.8. The molecule has 1 heterocycles. The van der Waals surface area contributed by atoms with Crippen LogP contribution in [0.2, 0.25) is 10.0 Å². The number of allylic oxidation sites excluding steroid dienone is 1. The molecule has 0 amide bonds. The van der Waals surface area contributed by atoms with Crippen molar-refractivity contribution < 1.29 is 4.74 Å². The number of rotatable bonds is 1. The normalized spacial score (nSPS) is 16.3. The topological polar surface area (TPSA) is 59.0 Å². The predicted molar refractivity (Wildman–Crippen MR) is 99.7 cm³/mol. The van der Waals surface area contributed by atoms with Crippen molar-refractivity contribution in [3.05, 3.63) is 87.2 Å². The van der Waals surface area contributed by atoms with Gasteiger partial charge in [0, 0.05) is 5.56 Å². The molecule has 0 aliphatic carbocycles. The smallest absolute Gasteiger partial charge is 0.205 e. The van der Waals surface area contributed by atoms with Gasteiger partial charge in [-0.2, -0.15) is 5.26 Å². The van der Waals surface area contributed by atoms with Gasteiger partial charge < -0.3 is 10.5 Å². The molecule has 1 aliphatic heterocycles. The Morgan fingerprint density at radius 1 is 1.00 bits per heavy atom. The van der Waals surface area contributed by atoms with Crippen LogP contribution in [0.25, 0.3) is 10.8 Å². The molecule has 5 heteroatoms. The molecule has 2 N–H and O–H groups in total. The molecular weight excluding hydrogens is 355 g/mol. The van der Waals surface area contributed by atoms with E-state index in [0.29, 0.717) is 21.4 Å². The molecule has 122 valence electrons. The van der Waals surface area contributed by atoms with E-state index in [2.05, 4.69) is 6.07 Å². The van der Waals surface area contributed by atoms with Gasteiger partial charge >= 0.3 is 0 Å². The fraction of sp³-hybridized carbons (Fsp3) is 0.0500. The molecule has 3 nitrogen and oxygen atoms in total. The zero-order valence-electron chi connectivity index (χ0n) is 13.0. The van der Waals surface area contributed by atoms with Gasteiger partial charge in [0.15, 0.2) is 0 Å². The number of hydrogen-bond donors (Lipinski definition) is 1. The van der Waals surface area contributed by atoms with Crippen molar-refractivity contribution in [3.63, 3.8) is 0 Å². The van der Waals surface area contributed by atoms with Gasteiger partial charge in [-0.3, -0.25) is 0 Å². The third-order valence-corrected chi connectivity index (χ3v) is 5.24. The van der Waals surface area contributed by atoms with Gasteiger partial charge in [-0.15, -0.1) is 0 Å². The molecule has 0 bridgehead atoms. The minimum Gasteiger partial charge on any atom is -0.440 e. The average molecular weight is 367 g/mol. The highest BCUT2D eigenvalue weighted by atomic mass is 35.5. The van der Waals surface area contributed by atoms with E-state index in [-0.39, 0.29) is 5.88 Å². The third-order valence-electron chi connectivity index (χ3n) is 4.41. The van der Waals surface area contributed by atoms with E-state index in [1.165, 1.54) is 0 Å². The Labute approximate surface area is 154 Å². The number of halogens is 2. The molecule has 3 aromatic rings. The van der Waals surface area contributed by atoms with Crippen LogP contribution in [0.4, 0.5) is 0 Å². The molecular formula is C20H12Cl2N2O. The fourth-order valence-electron chi connectivity index (χ4n) is 3.30. The molecule has 0 saturated carbocycles. The summed E-state index contributed by atoms with van der Waals surface area (Å²) in [4.78, 5) is 0. The van der Waals surface area contributed by atoms with Crippen LogP contribution in [0.3, 0.4) is 0 Å². The monoisotopic (exact) mass is 366 g/mol. The number of nitrogens with zero attached hydrogens (tertiary/aromatic N) is 1. The molecule has 0 aromatic heterocycles. The van der Waals surface area contributed by atoms with Crippen LogP contribution in [-0.2, 0) is 0 Å². The maximum atomic E-state index is 9.71. The maximum Gasteiger partial charge on any atom is 0.205 e. The first-order valence-corrected chi connectivity index (χ1v) is 8.40. The Hall–Kier alpha value is -2.67. The summed E-state index contributed by atoms with van der Waals surface area (Å²) in [5.74, 6) is 0.272. The summed E-state index contributed by atoms with van der Waals surface area (Å²) >= 11 is 12.7. The van der Waals surface area contributed by atoms with E-state index in [1.54, 1.807) is 6.07 Å². The highest BCUT2D eigenvalue weighted by Gasteiger charge is 2.33. The summed E-state index contributed by atoms with van der Waals surface area (Å²) in [7, 11) is 0. The Morgan fingerprint density at radius 2 is 1.80 bits per heavy atom. The van der Waals surface area contributed by atoms with Crippen LogP contribution in [-0.4, -0.2) is 0 Å². The lowest BCUT2D eigenvalue weighted by Crippen LogP contribution is -2.21. The summed E-state index contributed by atoms with van der Waals surface area (Å²) in [6.07, 6.45) is 0. The van der Waals surface area contributed by atoms with Crippen LogP contribution in [0.15, 0.2) is 66.1 Å². The van der Waals surface area contributed by atoms with Crippen LogP contribution in [0.1, 0.15) is 17.0 Å². The van der Waals surface area contributed by atoms with E-state index in [9.17, 15) is 5.26 Å². The Morgan fingerprint density at radius 3 is 2.60 bits per heavy atom. The van der Waals surface area contributed by atoms with E-state index >= 15 is 0 Å². The van der Waals surface area contributed by atoms with Crippen LogP contribution in [0, 0.1) is 11.3 Å². The number of hydrogen-bond acceptors (Lipinski definition) is 3. The minimum atomic E-state index is -0.439. The maximum absolute atomic E-state index is 9.71. The molecule has 1 aliphatic rings. The summed E-state index contributed by atoms with van der Waals surface area (Å²) in [5, 5.41) is 12.6. The molecule has 0 radical (unpaired) electrons. The van der Waals surface area contributed by atoms with Gasteiger partial charge in [0.2, 0.25) is 5.88 Å². The van der Waals surface area contributed by atoms with Crippen molar-refractivity contribution >= 4 is 34.0 Å². The second-order valence-corrected chi connectivity index (χ2v) is 6.55. The van der Waals surface area contributed by atoms with Gasteiger partial charge in [0.05, 0.1) is 16.0 Å². The quantitative estimate of drug-likeness (QED) is 0.630. The fourth-order valence-corrected chi connectivity index (χ4v) is 3.71. The number of nitrogens with two attached hydrogens (primary N) is 1. The molecule has 1 atom stereocenters. The van der Waals surface area contributed by atoms with Crippen molar-refractivity contribution in [1.82, 2.24) is 0 Å². The van der Waals surface area contributed by atoms with Crippen LogP contribution >= 0.6 is 23.2 Å². The highest BCUT2D eigenvalue weighted by Crippen LogP contribution is 2.47. The number of nitriles is 1. The zero-order chi connectivity index (χ0) is 17.6. The lowest BCUT2D eigenvalue weighted by Gasteiger charge is -2.28. The lowest BCUT2D eigenvalue weighted by atomic mass is 9.81. The van der Waals surface area contributed by atoms with Gasteiger partial charge in [-0.1, -0.05) is 65.7 Å². The van der Waals surface area contributed by atoms with Crippen molar-refractivity contribution in [3.8, 4) is 11.8 Å². The standard InChI is InChI=1S/C20H12Cl2N2O/c21-15-7-3-6-13(19(15)22)17-14(10-23)20(24)25-16-9-8-11-4-1-2-5-12(11)18(16)17/h1-9,17H,24H2/t17-/m1/s1. The van der Waals surface area contributed by atoms with Gasteiger partial charge in [0.1, 0.15) is 17.4 Å². The van der Waals surface area contributed by atoms with E-state index in [1.807, 2.05) is 48.5 Å². The van der Waals surface area contributed by atoms with Crippen LogP contribution in [0.5, 0.6) is 5.75 Å². The molecule has 0 spiro atoms. The molecule has 25 heavy (non-hydrogen) atoms. The molecule has 3 aromatic carbocycles. The van der Waals surface area contributed by atoms with Crippen molar-refractivity contribution in [2.75, 3.05) is 0 Å². The zero-order valence-corrected chi connectivity index (χ0v) is 14.5. The second-order valence-electron chi connectivity index (χ2n) is 5.77. The molecule has 0 unspecified atom stereocenters. The van der Waals surface area contributed by atoms with Gasteiger partial charge in [-0.25, -0.2) is 0 Å². The first-order valence-electron chi connectivity index (χ1n) is 7.65. The van der Waals surface area contributed by atoms with Gasteiger partial charge in [-0.05, 0) is 28.5 Å². The molecule has 0 saturated heterocycles. The Balaban J connectivity index is 2.10. The summed E-state index contributed by atoms with van der Waals surface area (Å²) in [6.45, 7) is 0. The van der Waals surface area contributed by atoms with Gasteiger partial charge in [0.25, 0.3) is 0 Å². The first-order chi connectivity index (χ1) is 12.1. The summed E-state index contributed by atoms with van der Waals surface area (Å²) in [6, 6.07) is 19.3. The predicted octanol–water partition coefficient (Wildman–Crippen LogP) is 5.36. The SMILES string of the molecule is N#CC1=C(N)Oc2ccc3ccccc3c2[C@@H]1c1cccc(Cl)c1Cl.